The van der Waals surface area contributed by atoms with Crippen molar-refractivity contribution < 1.29 is 9.53 Å². The van der Waals surface area contributed by atoms with Gasteiger partial charge in [-0.25, -0.2) is 19.7 Å². The Kier molecular flexibility index (Phi) is 10.1. The first-order valence-corrected chi connectivity index (χ1v) is 14.1. The second-order valence-electron chi connectivity index (χ2n) is 11.6. The Labute approximate surface area is 243 Å². The minimum Gasteiger partial charge on any atom is -0.444 e. The number of carbonyl (C=O) groups excluding carboxylic acids is 1. The van der Waals surface area contributed by atoms with Gasteiger partial charge in [-0.05, 0) is 64.6 Å². The van der Waals surface area contributed by atoms with Crippen molar-refractivity contribution in [3.63, 3.8) is 0 Å². The summed E-state index contributed by atoms with van der Waals surface area (Å²) in [4.78, 5) is 39.0. The lowest BCUT2D eigenvalue weighted by Crippen LogP contribution is -2.44. The number of hydrogen-bond acceptors (Lipinski definition) is 10. The summed E-state index contributed by atoms with van der Waals surface area (Å²) >= 11 is 0. The highest BCUT2D eigenvalue weighted by molar-refractivity contribution is 5.67. The first kappa shape index (κ1) is 30.1. The molecule has 1 N–H and O–H groups in total. The Morgan fingerprint density at radius 3 is 2.46 bits per heavy atom. The van der Waals surface area contributed by atoms with E-state index in [2.05, 4.69) is 48.1 Å². The quantitative estimate of drug-likeness (QED) is 0.389. The summed E-state index contributed by atoms with van der Waals surface area (Å²) in [6, 6.07) is 9.87. The van der Waals surface area contributed by atoms with Crippen LogP contribution >= 0.6 is 0 Å². The lowest BCUT2D eigenvalue weighted by molar-refractivity contribution is 0.0298. The van der Waals surface area contributed by atoms with E-state index in [1.807, 2.05) is 64.5 Å². The van der Waals surface area contributed by atoms with Crippen molar-refractivity contribution in [2.45, 2.75) is 39.3 Å². The van der Waals surface area contributed by atoms with Gasteiger partial charge < -0.3 is 24.8 Å². The Morgan fingerprint density at radius 1 is 1.00 bits per heavy atom. The van der Waals surface area contributed by atoms with Crippen molar-refractivity contribution in [3.8, 4) is 11.3 Å². The third-order valence-corrected chi connectivity index (χ3v) is 6.84. The topological polar surface area (TPSA) is 103 Å². The standard InChI is InChI=1S/C30H43N9O2/c1-30(2,3)41-29(40)38(6)15-7-14-37(5)27-9-8-23(21-33-27)26-11-13-32-28(35-26)34-24-10-12-31-25(20-24)22-39-18-16-36(4)17-19-39/h8-13,20-21H,7,14-19,22H2,1-6H3,(H,31,32,34,35). The number of nitrogens with zero attached hydrogens (tertiary/aromatic N) is 8. The van der Waals surface area contributed by atoms with Crippen LogP contribution in [0.3, 0.4) is 0 Å². The predicted octanol–water partition coefficient (Wildman–Crippen LogP) is 4.12. The second-order valence-corrected chi connectivity index (χ2v) is 11.6. The van der Waals surface area contributed by atoms with E-state index in [0.717, 1.165) is 74.1 Å². The molecule has 0 unspecified atom stereocenters. The van der Waals surface area contributed by atoms with Crippen molar-refractivity contribution in [2.24, 2.45) is 0 Å². The Bertz CT molecular complexity index is 1270. The number of ether oxygens (including phenoxy) is 1. The Hall–Kier alpha value is -3.83. The molecule has 41 heavy (non-hydrogen) atoms. The molecular weight excluding hydrogens is 518 g/mol. The van der Waals surface area contributed by atoms with Gasteiger partial charge in [-0.1, -0.05) is 0 Å². The summed E-state index contributed by atoms with van der Waals surface area (Å²) in [5.74, 6) is 1.38. The molecule has 1 fully saturated rings. The highest BCUT2D eigenvalue weighted by Crippen LogP contribution is 2.21. The fraction of sp³-hybridized carbons (Fsp3) is 0.500. The summed E-state index contributed by atoms with van der Waals surface area (Å²) < 4.78 is 5.41. The van der Waals surface area contributed by atoms with Crippen LogP contribution in [0, 0.1) is 0 Å². The molecule has 1 aliphatic rings. The molecule has 0 bridgehead atoms. The van der Waals surface area contributed by atoms with Gasteiger partial charge in [-0.3, -0.25) is 9.88 Å². The number of amides is 1. The number of rotatable bonds is 10. The predicted molar refractivity (Wildman–Crippen MR) is 162 cm³/mol. The van der Waals surface area contributed by atoms with Gasteiger partial charge in [0, 0.05) is 89.8 Å². The second kappa shape index (κ2) is 13.7. The molecule has 0 atom stereocenters. The van der Waals surface area contributed by atoms with Crippen LogP contribution in [-0.4, -0.2) is 107 Å². The van der Waals surface area contributed by atoms with Gasteiger partial charge in [-0.2, -0.15) is 0 Å². The number of likely N-dealkylation sites (N-methyl/N-ethyl adjacent to an activating group) is 1. The number of pyridine rings is 2. The SMILES string of the molecule is CN1CCN(Cc2cc(Nc3nccc(-c4ccc(N(C)CCCN(C)C(=O)OC(C)(C)C)nc4)n3)ccn2)CC1. The maximum Gasteiger partial charge on any atom is 0.410 e. The van der Waals surface area contributed by atoms with E-state index in [4.69, 9.17) is 9.72 Å². The van der Waals surface area contributed by atoms with E-state index >= 15 is 0 Å². The molecule has 1 saturated heterocycles. The number of carbonyl (C=O) groups is 1. The molecular formula is C30H43N9O2. The van der Waals surface area contributed by atoms with Crippen LogP contribution in [0.5, 0.6) is 0 Å². The van der Waals surface area contributed by atoms with Crippen molar-refractivity contribution in [1.29, 1.82) is 0 Å². The highest BCUT2D eigenvalue weighted by Gasteiger charge is 2.19. The number of aromatic nitrogens is 4. The first-order chi connectivity index (χ1) is 19.6. The zero-order valence-electron chi connectivity index (χ0n) is 25.2. The Morgan fingerprint density at radius 2 is 1.76 bits per heavy atom. The number of piperazine rings is 1. The van der Waals surface area contributed by atoms with Gasteiger partial charge in [0.15, 0.2) is 0 Å². The van der Waals surface area contributed by atoms with Gasteiger partial charge in [0.2, 0.25) is 5.95 Å². The Balaban J connectivity index is 1.30. The van der Waals surface area contributed by atoms with Crippen molar-refractivity contribution in [2.75, 3.05) is 70.6 Å². The van der Waals surface area contributed by atoms with Crippen LogP contribution in [-0.2, 0) is 11.3 Å². The summed E-state index contributed by atoms with van der Waals surface area (Å²) in [6.45, 7) is 12.1. The normalized spacial score (nSPS) is 14.5. The molecule has 1 aliphatic heterocycles. The lowest BCUT2D eigenvalue weighted by Gasteiger charge is -2.32. The van der Waals surface area contributed by atoms with Crippen molar-refractivity contribution >= 4 is 23.5 Å². The van der Waals surface area contributed by atoms with Crippen LogP contribution in [0.4, 0.5) is 22.2 Å². The summed E-state index contributed by atoms with van der Waals surface area (Å²) in [5.41, 5.74) is 3.13. The van der Waals surface area contributed by atoms with Crippen LogP contribution in [0.2, 0.25) is 0 Å². The molecule has 0 aromatic carbocycles. The molecule has 11 nitrogen and oxygen atoms in total. The van der Waals surface area contributed by atoms with Crippen LogP contribution in [0.15, 0.2) is 48.9 Å². The van der Waals surface area contributed by atoms with Crippen LogP contribution in [0.25, 0.3) is 11.3 Å². The fourth-order valence-electron chi connectivity index (χ4n) is 4.44. The van der Waals surface area contributed by atoms with Gasteiger partial charge >= 0.3 is 6.09 Å². The van der Waals surface area contributed by atoms with Gasteiger partial charge in [0.1, 0.15) is 11.4 Å². The van der Waals surface area contributed by atoms with E-state index in [1.165, 1.54) is 0 Å². The number of anilines is 3. The van der Waals surface area contributed by atoms with Crippen molar-refractivity contribution in [3.05, 3.63) is 54.6 Å². The van der Waals surface area contributed by atoms with E-state index in [0.29, 0.717) is 12.5 Å². The van der Waals surface area contributed by atoms with Crippen LogP contribution in [0.1, 0.15) is 32.9 Å². The molecule has 1 amide bonds. The summed E-state index contributed by atoms with van der Waals surface area (Å²) in [5, 5.41) is 3.33. The molecule has 11 heteroatoms. The summed E-state index contributed by atoms with van der Waals surface area (Å²) in [6.07, 6.45) is 5.88. The average molecular weight is 562 g/mol. The molecule has 0 radical (unpaired) electrons. The molecule has 0 aliphatic carbocycles. The zero-order valence-corrected chi connectivity index (χ0v) is 25.2. The molecule has 0 saturated carbocycles. The van der Waals surface area contributed by atoms with Crippen LogP contribution < -0.4 is 10.2 Å². The number of hydrogen-bond donors (Lipinski definition) is 1. The number of nitrogens with one attached hydrogen (secondary N) is 1. The van der Waals surface area contributed by atoms with E-state index < -0.39 is 5.60 Å². The van der Waals surface area contributed by atoms with E-state index in [1.54, 1.807) is 18.1 Å². The largest absolute Gasteiger partial charge is 0.444 e. The molecule has 4 rings (SSSR count). The fourth-order valence-corrected chi connectivity index (χ4v) is 4.44. The zero-order chi connectivity index (χ0) is 29.4. The first-order valence-electron chi connectivity index (χ1n) is 14.1. The van der Waals surface area contributed by atoms with Gasteiger partial charge in [0.05, 0.1) is 11.4 Å². The van der Waals surface area contributed by atoms with Gasteiger partial charge in [0.25, 0.3) is 0 Å². The maximum atomic E-state index is 12.2. The molecule has 4 heterocycles. The minimum atomic E-state index is -0.499. The van der Waals surface area contributed by atoms with E-state index in [9.17, 15) is 4.79 Å². The highest BCUT2D eigenvalue weighted by atomic mass is 16.6. The van der Waals surface area contributed by atoms with Crippen molar-refractivity contribution in [1.82, 2.24) is 34.6 Å². The molecule has 3 aromatic rings. The molecule has 3 aromatic heterocycles. The maximum absolute atomic E-state index is 12.2. The third-order valence-electron chi connectivity index (χ3n) is 6.84. The monoisotopic (exact) mass is 561 g/mol. The van der Waals surface area contributed by atoms with Gasteiger partial charge in [-0.15, -0.1) is 0 Å². The molecule has 0 spiro atoms. The lowest BCUT2D eigenvalue weighted by atomic mass is 10.2. The van der Waals surface area contributed by atoms with E-state index in [-0.39, 0.29) is 6.09 Å². The average Bonchev–Trinajstić information content (AvgIpc) is 2.94. The minimum absolute atomic E-state index is 0.309. The smallest absolute Gasteiger partial charge is 0.410 e. The third kappa shape index (κ3) is 9.36. The summed E-state index contributed by atoms with van der Waals surface area (Å²) in [7, 11) is 5.91. The molecule has 220 valence electrons.